The molecule has 1 unspecified atom stereocenters. The summed E-state index contributed by atoms with van der Waals surface area (Å²) >= 11 is 3.13. The molecule has 3 nitrogen and oxygen atoms in total. The zero-order valence-corrected chi connectivity index (χ0v) is 13.2. The number of aromatic nitrogens is 1. The van der Waals surface area contributed by atoms with E-state index in [1.165, 1.54) is 12.1 Å². The number of alkyl halides is 4. The maximum atomic E-state index is 13.5. The van der Waals surface area contributed by atoms with Crippen molar-refractivity contribution in [2.45, 2.75) is 17.4 Å². The maximum Gasteiger partial charge on any atom is 0.417 e. The van der Waals surface area contributed by atoms with Crippen molar-refractivity contribution in [3.05, 3.63) is 59.5 Å². The number of rotatable bonds is 4. The summed E-state index contributed by atoms with van der Waals surface area (Å²) in [7, 11) is 0. The number of hydrogen-bond donors (Lipinski definition) is 1. The minimum absolute atomic E-state index is 0.0130. The normalized spacial score (nSPS) is 12.7. The molecule has 0 saturated heterocycles. The monoisotopic (exact) mass is 390 g/mol. The Morgan fingerprint density at radius 1 is 1.22 bits per heavy atom. The first-order valence-corrected chi connectivity index (χ1v) is 7.40. The van der Waals surface area contributed by atoms with E-state index in [1.807, 2.05) is 0 Å². The molecule has 0 saturated carbocycles. The number of amides is 1. The fourth-order valence-electron chi connectivity index (χ4n) is 1.79. The summed E-state index contributed by atoms with van der Waals surface area (Å²) in [6.07, 6.45) is -3.76. The van der Waals surface area contributed by atoms with Gasteiger partial charge in [0.2, 0.25) is 5.91 Å². The van der Waals surface area contributed by atoms with Crippen LogP contribution in [0.3, 0.4) is 0 Å². The number of benzene rings is 1. The molecule has 1 N–H and O–H groups in total. The molecule has 0 aliphatic heterocycles. The molecule has 1 atom stereocenters. The molecule has 0 bridgehead atoms. The van der Waals surface area contributed by atoms with Crippen LogP contribution in [-0.4, -0.2) is 15.7 Å². The van der Waals surface area contributed by atoms with Gasteiger partial charge in [-0.25, -0.2) is 9.37 Å². The first-order chi connectivity index (χ1) is 10.8. The number of halogens is 5. The number of anilines is 1. The molecule has 0 aliphatic rings. The topological polar surface area (TPSA) is 42.0 Å². The van der Waals surface area contributed by atoms with Gasteiger partial charge in [-0.05, 0) is 30.2 Å². The zero-order chi connectivity index (χ0) is 17.0. The molecular formula is C15H11BrF4N2O. The van der Waals surface area contributed by atoms with E-state index in [4.69, 9.17) is 0 Å². The second-order valence-corrected chi connectivity index (χ2v) is 5.79. The van der Waals surface area contributed by atoms with Crippen molar-refractivity contribution in [3.8, 4) is 0 Å². The summed E-state index contributed by atoms with van der Waals surface area (Å²) in [4.78, 5) is 14.8. The summed E-state index contributed by atoms with van der Waals surface area (Å²) in [5, 5.41) is 2.37. The van der Waals surface area contributed by atoms with E-state index in [2.05, 4.69) is 26.2 Å². The Morgan fingerprint density at radius 2 is 1.91 bits per heavy atom. The van der Waals surface area contributed by atoms with Gasteiger partial charge in [0.05, 0.1) is 10.4 Å². The summed E-state index contributed by atoms with van der Waals surface area (Å²) in [6.45, 7) is 0. The Labute approximate surface area is 137 Å². The van der Waals surface area contributed by atoms with Gasteiger partial charge in [-0.2, -0.15) is 13.2 Å². The van der Waals surface area contributed by atoms with Crippen LogP contribution in [-0.2, 0) is 17.4 Å². The number of carbonyl (C=O) groups is 1. The van der Waals surface area contributed by atoms with Gasteiger partial charge in [0.25, 0.3) is 0 Å². The van der Waals surface area contributed by atoms with Crippen LogP contribution in [0, 0.1) is 5.82 Å². The number of pyridine rings is 1. The third-order valence-electron chi connectivity index (χ3n) is 2.98. The highest BCUT2D eigenvalue weighted by molar-refractivity contribution is 9.10. The number of carbonyl (C=O) groups excluding carboxylic acids is 1. The first-order valence-electron chi connectivity index (χ1n) is 6.49. The Morgan fingerprint density at radius 3 is 2.48 bits per heavy atom. The average molecular weight is 391 g/mol. The molecular weight excluding hydrogens is 380 g/mol. The van der Waals surface area contributed by atoms with E-state index in [9.17, 15) is 22.4 Å². The van der Waals surface area contributed by atoms with Gasteiger partial charge in [-0.15, -0.1) is 0 Å². The van der Waals surface area contributed by atoms with E-state index in [0.29, 0.717) is 11.8 Å². The first kappa shape index (κ1) is 17.4. The summed E-state index contributed by atoms with van der Waals surface area (Å²) in [6, 6.07) is 7.89. The van der Waals surface area contributed by atoms with Crippen molar-refractivity contribution in [1.82, 2.24) is 4.98 Å². The van der Waals surface area contributed by atoms with Crippen LogP contribution < -0.4 is 5.32 Å². The molecule has 2 rings (SSSR count). The van der Waals surface area contributed by atoms with Gasteiger partial charge in [0, 0.05) is 6.20 Å². The van der Waals surface area contributed by atoms with Crippen LogP contribution in [0.5, 0.6) is 0 Å². The molecule has 0 radical (unpaired) electrons. The fourth-order valence-corrected chi connectivity index (χ4v) is 2.25. The minimum atomic E-state index is -4.49. The maximum absolute atomic E-state index is 13.5. The Kier molecular flexibility index (Phi) is 5.35. The average Bonchev–Trinajstić information content (AvgIpc) is 2.49. The van der Waals surface area contributed by atoms with Crippen LogP contribution >= 0.6 is 15.9 Å². The summed E-state index contributed by atoms with van der Waals surface area (Å²) in [5.41, 5.74) is -0.554. The lowest BCUT2D eigenvalue weighted by atomic mass is 10.1. The minimum Gasteiger partial charge on any atom is -0.310 e. The second kappa shape index (κ2) is 7.08. The SMILES string of the molecule is O=C(Nc1ccc(C(F)(F)F)cn1)C(Br)Cc1ccccc1F. The van der Waals surface area contributed by atoms with E-state index in [1.54, 1.807) is 12.1 Å². The smallest absolute Gasteiger partial charge is 0.310 e. The lowest BCUT2D eigenvalue weighted by Crippen LogP contribution is -2.25. The van der Waals surface area contributed by atoms with Gasteiger partial charge < -0.3 is 5.32 Å². The highest BCUT2D eigenvalue weighted by Crippen LogP contribution is 2.28. The van der Waals surface area contributed by atoms with Crippen LogP contribution in [0.25, 0.3) is 0 Å². The molecule has 1 aromatic heterocycles. The lowest BCUT2D eigenvalue weighted by Gasteiger charge is -2.12. The van der Waals surface area contributed by atoms with Crippen molar-refractivity contribution in [3.63, 3.8) is 0 Å². The fraction of sp³-hybridized carbons (Fsp3) is 0.200. The summed E-state index contributed by atoms with van der Waals surface area (Å²) in [5.74, 6) is -0.973. The highest BCUT2D eigenvalue weighted by Gasteiger charge is 2.30. The lowest BCUT2D eigenvalue weighted by molar-refractivity contribution is -0.137. The third-order valence-corrected chi connectivity index (χ3v) is 3.72. The predicted molar refractivity (Wildman–Crippen MR) is 80.7 cm³/mol. The summed E-state index contributed by atoms with van der Waals surface area (Å²) < 4.78 is 50.8. The van der Waals surface area contributed by atoms with E-state index in [0.717, 1.165) is 12.1 Å². The number of nitrogens with zero attached hydrogens (tertiary/aromatic N) is 1. The molecule has 0 fully saturated rings. The van der Waals surface area contributed by atoms with Crippen molar-refractivity contribution < 1.29 is 22.4 Å². The van der Waals surface area contributed by atoms with E-state index >= 15 is 0 Å². The second-order valence-electron chi connectivity index (χ2n) is 4.68. The molecule has 122 valence electrons. The van der Waals surface area contributed by atoms with E-state index < -0.39 is 28.3 Å². The molecule has 23 heavy (non-hydrogen) atoms. The van der Waals surface area contributed by atoms with E-state index in [-0.39, 0.29) is 12.2 Å². The molecule has 1 aromatic carbocycles. The van der Waals surface area contributed by atoms with Gasteiger partial charge in [0.1, 0.15) is 11.6 Å². The quantitative estimate of drug-likeness (QED) is 0.628. The van der Waals surface area contributed by atoms with Crippen molar-refractivity contribution in [2.75, 3.05) is 5.32 Å². The van der Waals surface area contributed by atoms with Crippen molar-refractivity contribution >= 4 is 27.7 Å². The van der Waals surface area contributed by atoms with Crippen LogP contribution in [0.15, 0.2) is 42.6 Å². The van der Waals surface area contributed by atoms with Crippen LogP contribution in [0.4, 0.5) is 23.4 Å². The molecule has 0 aliphatic carbocycles. The number of hydrogen-bond acceptors (Lipinski definition) is 2. The molecule has 1 heterocycles. The Bertz CT molecular complexity index is 689. The molecule has 1 amide bonds. The Balaban J connectivity index is 2.00. The van der Waals surface area contributed by atoms with Gasteiger partial charge >= 0.3 is 6.18 Å². The molecule has 0 spiro atoms. The highest BCUT2D eigenvalue weighted by atomic mass is 79.9. The van der Waals surface area contributed by atoms with Crippen molar-refractivity contribution in [1.29, 1.82) is 0 Å². The number of nitrogens with one attached hydrogen (secondary N) is 1. The predicted octanol–water partition coefficient (Wildman–Crippen LogP) is 4.18. The van der Waals surface area contributed by atoms with Gasteiger partial charge in [0.15, 0.2) is 0 Å². The largest absolute Gasteiger partial charge is 0.417 e. The zero-order valence-electron chi connectivity index (χ0n) is 11.6. The Hall–Kier alpha value is -1.96. The van der Waals surface area contributed by atoms with Crippen molar-refractivity contribution in [2.24, 2.45) is 0 Å². The van der Waals surface area contributed by atoms with Gasteiger partial charge in [-0.3, -0.25) is 4.79 Å². The molecule has 2 aromatic rings. The van der Waals surface area contributed by atoms with Gasteiger partial charge in [-0.1, -0.05) is 34.1 Å². The van der Waals surface area contributed by atoms with Crippen LogP contribution in [0.2, 0.25) is 0 Å². The molecule has 8 heteroatoms. The standard InChI is InChI=1S/C15H11BrF4N2O/c16-11(7-9-3-1-2-4-12(9)17)14(23)22-13-6-5-10(8-21-13)15(18,19)20/h1-6,8,11H,7H2,(H,21,22,23). The van der Waals surface area contributed by atoms with Crippen LogP contribution in [0.1, 0.15) is 11.1 Å². The third kappa shape index (κ3) is 4.75.